The van der Waals surface area contributed by atoms with E-state index in [2.05, 4.69) is 35.7 Å². The van der Waals surface area contributed by atoms with Crippen molar-refractivity contribution in [3.8, 4) is 0 Å². The molecule has 0 atom stereocenters. The summed E-state index contributed by atoms with van der Waals surface area (Å²) in [6.07, 6.45) is 4.12. The van der Waals surface area contributed by atoms with Gasteiger partial charge in [-0.2, -0.15) is 0 Å². The predicted octanol–water partition coefficient (Wildman–Crippen LogP) is 1.56. The fourth-order valence-electron chi connectivity index (χ4n) is 0.747. The van der Waals surface area contributed by atoms with Crippen LogP contribution in [0.4, 0.5) is 0 Å². The van der Waals surface area contributed by atoms with Crippen LogP contribution in [0.25, 0.3) is 0 Å². The minimum Gasteiger partial charge on any atom is -0.225 e. The average Bonchev–Trinajstić information content (AvgIpc) is 2.06. The molecule has 0 aliphatic carbocycles. The van der Waals surface area contributed by atoms with Gasteiger partial charge in [0.15, 0.2) is 0 Å². The van der Waals surface area contributed by atoms with Crippen LogP contribution >= 0.6 is 0 Å². The van der Waals surface area contributed by atoms with Gasteiger partial charge >= 0.3 is 0 Å². The molecule has 0 radical (unpaired) electrons. The number of nitrogens with zero attached hydrogens (tertiary/aromatic N) is 3. The maximum Gasteiger partial charge on any atom is 0.137 e. The summed E-state index contributed by atoms with van der Waals surface area (Å²) in [7, 11) is 0. The molecule has 3 nitrogen and oxygen atoms in total. The first-order valence-corrected chi connectivity index (χ1v) is 3.79. The second-order valence-corrected chi connectivity index (χ2v) is 3.20. The van der Waals surface area contributed by atoms with E-state index in [1.807, 2.05) is 0 Å². The SMILES string of the molecule is CCC(C)(C)c1ncncn1. The quantitative estimate of drug-likeness (QED) is 0.643. The first-order valence-electron chi connectivity index (χ1n) is 3.79. The zero-order valence-electron chi connectivity index (χ0n) is 7.20. The summed E-state index contributed by atoms with van der Waals surface area (Å²) >= 11 is 0. The van der Waals surface area contributed by atoms with Crippen LogP contribution in [-0.2, 0) is 5.41 Å². The normalized spacial score (nSPS) is 11.5. The van der Waals surface area contributed by atoms with Gasteiger partial charge in [0.2, 0.25) is 0 Å². The Morgan fingerprint density at radius 2 is 1.82 bits per heavy atom. The Balaban J connectivity index is 2.93. The molecule has 0 spiro atoms. The van der Waals surface area contributed by atoms with E-state index < -0.39 is 0 Å². The number of rotatable bonds is 2. The molecule has 0 aliphatic rings. The van der Waals surface area contributed by atoms with Gasteiger partial charge in [-0.3, -0.25) is 0 Å². The van der Waals surface area contributed by atoms with Crippen molar-refractivity contribution in [2.45, 2.75) is 32.6 Å². The lowest BCUT2D eigenvalue weighted by molar-refractivity contribution is 0.470. The molecule has 0 saturated carbocycles. The van der Waals surface area contributed by atoms with Crippen molar-refractivity contribution in [1.29, 1.82) is 0 Å². The van der Waals surface area contributed by atoms with Crippen molar-refractivity contribution in [2.75, 3.05) is 0 Å². The van der Waals surface area contributed by atoms with E-state index in [0.717, 1.165) is 12.2 Å². The topological polar surface area (TPSA) is 38.7 Å². The smallest absolute Gasteiger partial charge is 0.137 e. The van der Waals surface area contributed by atoms with Crippen molar-refractivity contribution < 1.29 is 0 Å². The molecule has 0 unspecified atom stereocenters. The molecule has 0 aliphatic heterocycles. The molecule has 60 valence electrons. The molecule has 0 saturated heterocycles. The van der Waals surface area contributed by atoms with E-state index in [4.69, 9.17) is 0 Å². The number of hydrogen-bond donors (Lipinski definition) is 0. The summed E-state index contributed by atoms with van der Waals surface area (Å²) in [4.78, 5) is 12.0. The van der Waals surface area contributed by atoms with Crippen molar-refractivity contribution in [2.24, 2.45) is 0 Å². The summed E-state index contributed by atoms with van der Waals surface area (Å²) in [6, 6.07) is 0. The minimum absolute atomic E-state index is 0.0724. The fourth-order valence-corrected chi connectivity index (χ4v) is 0.747. The van der Waals surface area contributed by atoms with Crippen molar-refractivity contribution in [1.82, 2.24) is 15.0 Å². The van der Waals surface area contributed by atoms with E-state index >= 15 is 0 Å². The highest BCUT2D eigenvalue weighted by Gasteiger charge is 2.20. The molecule has 0 fully saturated rings. The van der Waals surface area contributed by atoms with Crippen molar-refractivity contribution >= 4 is 0 Å². The lowest BCUT2D eigenvalue weighted by Crippen LogP contribution is -2.19. The van der Waals surface area contributed by atoms with Crippen LogP contribution < -0.4 is 0 Å². The largest absolute Gasteiger partial charge is 0.225 e. The highest BCUT2D eigenvalue weighted by molar-refractivity contribution is 5.00. The monoisotopic (exact) mass is 151 g/mol. The van der Waals surface area contributed by atoms with Gasteiger partial charge < -0.3 is 0 Å². The lowest BCUT2D eigenvalue weighted by Gasteiger charge is -2.19. The van der Waals surface area contributed by atoms with Gasteiger partial charge in [0.25, 0.3) is 0 Å². The van der Waals surface area contributed by atoms with Crippen LogP contribution in [0.1, 0.15) is 33.0 Å². The molecule has 0 aromatic carbocycles. The molecule has 3 heteroatoms. The third-order valence-electron chi connectivity index (χ3n) is 1.98. The minimum atomic E-state index is 0.0724. The van der Waals surface area contributed by atoms with Crippen molar-refractivity contribution in [3.05, 3.63) is 18.5 Å². The summed E-state index contributed by atoms with van der Waals surface area (Å²) in [6.45, 7) is 6.38. The maximum absolute atomic E-state index is 4.10. The molecule has 1 aromatic rings. The Labute approximate surface area is 66.9 Å². The van der Waals surface area contributed by atoms with Crippen LogP contribution in [0, 0.1) is 0 Å². The van der Waals surface area contributed by atoms with Crippen molar-refractivity contribution in [3.63, 3.8) is 0 Å². The van der Waals surface area contributed by atoms with Gasteiger partial charge in [-0.1, -0.05) is 20.8 Å². The van der Waals surface area contributed by atoms with Crippen LogP contribution in [0.2, 0.25) is 0 Å². The summed E-state index contributed by atoms with van der Waals surface area (Å²) in [5.74, 6) is 0.870. The molecule has 0 amide bonds. The molecule has 1 heterocycles. The molecule has 11 heavy (non-hydrogen) atoms. The van der Waals surface area contributed by atoms with E-state index in [-0.39, 0.29) is 5.41 Å². The van der Waals surface area contributed by atoms with Gasteiger partial charge in [0.1, 0.15) is 18.5 Å². The number of hydrogen-bond acceptors (Lipinski definition) is 3. The van der Waals surface area contributed by atoms with Gasteiger partial charge in [-0.25, -0.2) is 15.0 Å². The Morgan fingerprint density at radius 3 is 2.27 bits per heavy atom. The average molecular weight is 151 g/mol. The Hall–Kier alpha value is -0.990. The summed E-state index contributed by atoms with van der Waals surface area (Å²) in [5, 5.41) is 0. The van der Waals surface area contributed by atoms with Gasteiger partial charge in [0, 0.05) is 5.41 Å². The van der Waals surface area contributed by atoms with Crippen LogP contribution in [-0.4, -0.2) is 15.0 Å². The standard InChI is InChI=1S/C8H13N3/c1-4-8(2,3)7-10-5-9-6-11-7/h5-6H,4H2,1-3H3. The first-order chi connectivity index (χ1) is 5.17. The molecular formula is C8H13N3. The summed E-state index contributed by atoms with van der Waals surface area (Å²) < 4.78 is 0. The van der Waals surface area contributed by atoms with Gasteiger partial charge in [0.05, 0.1) is 0 Å². The zero-order valence-corrected chi connectivity index (χ0v) is 7.20. The number of aromatic nitrogens is 3. The third-order valence-corrected chi connectivity index (χ3v) is 1.98. The third kappa shape index (κ3) is 1.73. The van der Waals surface area contributed by atoms with E-state index in [1.165, 1.54) is 0 Å². The second kappa shape index (κ2) is 2.95. The maximum atomic E-state index is 4.10. The van der Waals surface area contributed by atoms with Gasteiger partial charge in [-0.05, 0) is 6.42 Å². The summed E-state index contributed by atoms with van der Waals surface area (Å²) in [5.41, 5.74) is 0.0724. The Kier molecular flexibility index (Phi) is 2.17. The molecule has 0 N–H and O–H groups in total. The Bertz CT molecular complexity index is 218. The second-order valence-electron chi connectivity index (χ2n) is 3.20. The van der Waals surface area contributed by atoms with Crippen LogP contribution in [0.15, 0.2) is 12.7 Å². The molecule has 1 aromatic heterocycles. The van der Waals surface area contributed by atoms with Crippen LogP contribution in [0.5, 0.6) is 0 Å². The van der Waals surface area contributed by atoms with Gasteiger partial charge in [-0.15, -0.1) is 0 Å². The molecular weight excluding hydrogens is 138 g/mol. The highest BCUT2D eigenvalue weighted by atomic mass is 15.0. The predicted molar refractivity (Wildman–Crippen MR) is 43.1 cm³/mol. The molecule has 1 rings (SSSR count). The highest BCUT2D eigenvalue weighted by Crippen LogP contribution is 2.21. The van der Waals surface area contributed by atoms with E-state index in [1.54, 1.807) is 12.7 Å². The zero-order chi connectivity index (χ0) is 8.32. The van der Waals surface area contributed by atoms with Crippen LogP contribution in [0.3, 0.4) is 0 Å². The van der Waals surface area contributed by atoms with E-state index in [9.17, 15) is 0 Å². The Morgan fingerprint density at radius 1 is 1.27 bits per heavy atom. The lowest BCUT2D eigenvalue weighted by atomic mass is 9.89. The fraction of sp³-hybridized carbons (Fsp3) is 0.625. The van der Waals surface area contributed by atoms with E-state index in [0.29, 0.717) is 0 Å². The molecule has 0 bridgehead atoms. The first kappa shape index (κ1) is 8.11.